The predicted octanol–water partition coefficient (Wildman–Crippen LogP) is 8.25. The Kier molecular flexibility index (Phi) is 12.1. The molecule has 8 rings (SSSR count). The summed E-state index contributed by atoms with van der Waals surface area (Å²) in [5.41, 5.74) is 5.39. The number of ether oxygens (including phenoxy) is 2. The highest BCUT2D eigenvalue weighted by Gasteiger charge is 2.39. The zero-order valence-electron chi connectivity index (χ0n) is 36.3. The number of alkyl carbamates (subject to hydrolysis) is 2. The number of H-pyrrole nitrogens is 2. The summed E-state index contributed by atoms with van der Waals surface area (Å²) >= 11 is 0. The first-order valence-electron chi connectivity index (χ1n) is 21.4. The van der Waals surface area contributed by atoms with Crippen LogP contribution in [0.4, 0.5) is 9.59 Å². The molecule has 16 heteroatoms. The van der Waals surface area contributed by atoms with Crippen molar-refractivity contribution in [2.75, 3.05) is 20.2 Å². The summed E-state index contributed by atoms with van der Waals surface area (Å²) in [5, 5.41) is 5.50. The molecule has 0 unspecified atom stereocenters. The van der Waals surface area contributed by atoms with Gasteiger partial charge >= 0.3 is 12.2 Å². The third kappa shape index (κ3) is 9.30. The lowest BCUT2D eigenvalue weighted by Gasteiger charge is -2.30. The second-order valence-electron chi connectivity index (χ2n) is 17.4. The summed E-state index contributed by atoms with van der Waals surface area (Å²) in [4.78, 5) is 77.2. The number of hydrogen-bond donors (Lipinski definition) is 4. The van der Waals surface area contributed by atoms with Crippen molar-refractivity contribution in [3.05, 3.63) is 102 Å². The molecule has 4 amide bonds. The molecule has 4 N–H and O–H groups in total. The van der Waals surface area contributed by atoms with Crippen LogP contribution >= 0.6 is 0 Å². The number of nitrogens with one attached hydrogen (secondary N) is 4. The van der Waals surface area contributed by atoms with Crippen LogP contribution < -0.4 is 10.6 Å². The van der Waals surface area contributed by atoms with Gasteiger partial charge in [0.05, 0.1) is 43.0 Å². The largest absolute Gasteiger partial charge is 0.453 e. The monoisotopic (exact) mass is 855 g/mol. The van der Waals surface area contributed by atoms with Gasteiger partial charge in [-0.3, -0.25) is 9.59 Å². The van der Waals surface area contributed by atoms with E-state index in [2.05, 4.69) is 25.6 Å². The maximum absolute atomic E-state index is 14.2. The highest BCUT2D eigenvalue weighted by atomic mass is 16.6. The first-order chi connectivity index (χ1) is 30.3. The number of aromatic nitrogens is 5. The minimum atomic E-state index is -0.921. The van der Waals surface area contributed by atoms with Gasteiger partial charge < -0.3 is 44.3 Å². The van der Waals surface area contributed by atoms with E-state index >= 15 is 0 Å². The minimum absolute atomic E-state index is 0.127. The predicted molar refractivity (Wildman–Crippen MR) is 235 cm³/mol. The van der Waals surface area contributed by atoms with Gasteiger partial charge in [0.2, 0.25) is 11.8 Å². The van der Waals surface area contributed by atoms with Crippen LogP contribution in [0.5, 0.6) is 0 Å². The third-order valence-electron chi connectivity index (χ3n) is 11.5. The van der Waals surface area contributed by atoms with Crippen molar-refractivity contribution in [2.24, 2.45) is 5.92 Å². The second-order valence-corrected chi connectivity index (χ2v) is 17.4. The number of hydrogen-bond acceptors (Lipinski definition) is 10. The Bertz CT molecular complexity index is 2590. The van der Waals surface area contributed by atoms with Crippen LogP contribution in [0.15, 0.2) is 89.6 Å². The molecule has 6 aromatic rings. The fourth-order valence-electron chi connectivity index (χ4n) is 8.35. The number of rotatable bonds is 11. The number of carbonyl (C=O) groups excluding carboxylic acids is 4. The number of nitrogens with zero attached hydrogens (tertiary/aromatic N) is 5. The zero-order valence-corrected chi connectivity index (χ0v) is 36.3. The number of oxazole rings is 1. The molecule has 3 aromatic heterocycles. The lowest BCUT2D eigenvalue weighted by atomic mass is 10.0. The van der Waals surface area contributed by atoms with E-state index in [1.165, 1.54) is 7.11 Å². The van der Waals surface area contributed by atoms with E-state index in [4.69, 9.17) is 23.9 Å². The molecule has 2 aliphatic rings. The lowest BCUT2D eigenvalue weighted by Crippen LogP contribution is -2.51. The molecule has 5 heterocycles. The van der Waals surface area contributed by atoms with Crippen molar-refractivity contribution in [2.45, 2.75) is 90.1 Å². The molecule has 0 radical (unpaired) electrons. The van der Waals surface area contributed by atoms with Gasteiger partial charge in [0.1, 0.15) is 34.9 Å². The van der Waals surface area contributed by atoms with E-state index in [9.17, 15) is 19.2 Å². The Labute approximate surface area is 365 Å². The number of imidazole rings is 2. The molecule has 63 heavy (non-hydrogen) atoms. The first kappa shape index (κ1) is 42.7. The zero-order chi connectivity index (χ0) is 44.4. The van der Waals surface area contributed by atoms with Gasteiger partial charge in [-0.25, -0.2) is 24.5 Å². The summed E-state index contributed by atoms with van der Waals surface area (Å²) in [6.45, 7) is 10.2. The number of aromatic amines is 2. The van der Waals surface area contributed by atoms with Crippen LogP contribution in [-0.2, 0) is 19.1 Å². The van der Waals surface area contributed by atoms with E-state index in [-0.39, 0.29) is 29.8 Å². The Morgan fingerprint density at radius 2 is 1.35 bits per heavy atom. The van der Waals surface area contributed by atoms with E-state index in [0.717, 1.165) is 53.8 Å². The SMILES string of the molecule is COC(=O)N[C@H](C(=O)N1CCC[C@H]1c1ncc(-c2ccc3nc(-c4ccc(-c5cnc([C@@H]6CCCN6C(=O)[C@H](NC(=O)OC(C)(C)C)c6ccccc6)[nH]5)cc4)oc3c2)[nH]1)C(C)C. The van der Waals surface area contributed by atoms with Crippen molar-refractivity contribution < 1.29 is 33.1 Å². The average molecular weight is 856 g/mol. The van der Waals surface area contributed by atoms with Gasteiger partial charge in [-0.05, 0) is 87.8 Å². The first-order valence-corrected chi connectivity index (χ1v) is 21.4. The van der Waals surface area contributed by atoms with Gasteiger partial charge in [-0.2, -0.15) is 0 Å². The number of fused-ring (bicyclic) bond motifs is 1. The van der Waals surface area contributed by atoms with E-state index in [0.29, 0.717) is 47.3 Å². The van der Waals surface area contributed by atoms with Gasteiger partial charge in [0.25, 0.3) is 5.91 Å². The molecule has 0 saturated carbocycles. The molecule has 3 aromatic carbocycles. The van der Waals surface area contributed by atoms with Gasteiger partial charge in [-0.15, -0.1) is 0 Å². The molecule has 16 nitrogen and oxygen atoms in total. The average Bonchev–Trinajstić information content (AvgIpc) is 4.13. The normalized spacial score (nSPS) is 17.5. The Balaban J connectivity index is 0.947. The molecular formula is C47H53N9O7. The number of benzene rings is 3. The topological polar surface area (TPSA) is 201 Å². The van der Waals surface area contributed by atoms with Crippen LogP contribution in [0.3, 0.4) is 0 Å². The smallest absolute Gasteiger partial charge is 0.408 e. The number of amides is 4. The van der Waals surface area contributed by atoms with Gasteiger partial charge in [-0.1, -0.05) is 62.4 Å². The van der Waals surface area contributed by atoms with Crippen molar-refractivity contribution in [1.29, 1.82) is 0 Å². The van der Waals surface area contributed by atoms with E-state index in [1.54, 1.807) is 43.0 Å². The number of carbonyl (C=O) groups is 4. The summed E-state index contributed by atoms with van der Waals surface area (Å²) < 4.78 is 16.6. The van der Waals surface area contributed by atoms with E-state index in [1.807, 2.05) is 86.6 Å². The van der Waals surface area contributed by atoms with Crippen LogP contribution in [0.2, 0.25) is 0 Å². The summed E-state index contributed by atoms with van der Waals surface area (Å²) in [5.74, 6) is 1.30. The second kappa shape index (κ2) is 17.8. The van der Waals surface area contributed by atoms with Crippen LogP contribution in [0.25, 0.3) is 45.1 Å². The number of methoxy groups -OCH3 is 1. The number of likely N-dealkylation sites (tertiary alicyclic amines) is 2. The van der Waals surface area contributed by atoms with Crippen LogP contribution in [0, 0.1) is 5.92 Å². The molecule has 0 spiro atoms. The molecular weight excluding hydrogens is 803 g/mol. The molecule has 2 aliphatic heterocycles. The van der Waals surface area contributed by atoms with Gasteiger partial charge in [0, 0.05) is 24.2 Å². The van der Waals surface area contributed by atoms with Crippen molar-refractivity contribution >= 4 is 35.1 Å². The summed E-state index contributed by atoms with van der Waals surface area (Å²) in [7, 11) is 1.28. The fourth-order valence-corrected chi connectivity index (χ4v) is 8.35. The summed E-state index contributed by atoms with van der Waals surface area (Å²) in [6.07, 6.45) is 5.32. The third-order valence-corrected chi connectivity index (χ3v) is 11.5. The molecule has 0 aliphatic carbocycles. The summed E-state index contributed by atoms with van der Waals surface area (Å²) in [6, 6.07) is 20.6. The minimum Gasteiger partial charge on any atom is -0.453 e. The standard InChI is InChI=1S/C47H53N9O7/c1-27(2)38(53-45(59)61-6)43(57)55-22-10-14-35(55)41-49-26-34(51-41)31-20-21-32-37(24-31)62-42(52-32)30-18-16-28(17-19-30)33-25-48-40(50-33)36-15-11-23-56(36)44(58)39(29-12-8-7-9-13-29)54-46(60)63-47(3,4)5/h7-9,12-13,16-21,24-27,35-36,38-39H,10-11,14-15,22-23H2,1-6H3,(H,48,50)(H,49,51)(H,53,59)(H,54,60)/t35-,36-,38-,39+/m0/s1. The maximum Gasteiger partial charge on any atom is 0.408 e. The molecule has 328 valence electrons. The quantitative estimate of drug-likeness (QED) is 0.0984. The van der Waals surface area contributed by atoms with Crippen molar-refractivity contribution in [1.82, 2.24) is 45.4 Å². The lowest BCUT2D eigenvalue weighted by molar-refractivity contribution is -0.136. The van der Waals surface area contributed by atoms with E-state index < -0.39 is 29.9 Å². The van der Waals surface area contributed by atoms with Crippen molar-refractivity contribution in [3.8, 4) is 34.0 Å². The molecule has 0 bridgehead atoms. The van der Waals surface area contributed by atoms with Gasteiger partial charge in [0.15, 0.2) is 5.58 Å². The fraction of sp³-hybridized carbons (Fsp3) is 0.383. The highest BCUT2D eigenvalue weighted by Crippen LogP contribution is 2.36. The molecule has 2 fully saturated rings. The Hall–Kier alpha value is -6.97. The van der Waals surface area contributed by atoms with Crippen LogP contribution in [-0.4, -0.2) is 90.6 Å². The highest BCUT2D eigenvalue weighted by molar-refractivity contribution is 5.88. The van der Waals surface area contributed by atoms with Crippen LogP contribution in [0.1, 0.15) is 95.6 Å². The Morgan fingerprint density at radius 3 is 1.95 bits per heavy atom. The molecule has 4 atom stereocenters. The maximum atomic E-state index is 14.2. The molecule has 2 saturated heterocycles. The van der Waals surface area contributed by atoms with Crippen molar-refractivity contribution in [3.63, 3.8) is 0 Å². The Morgan fingerprint density at radius 1 is 0.762 bits per heavy atom.